The molecule has 0 aliphatic heterocycles. The van der Waals surface area contributed by atoms with Crippen molar-refractivity contribution < 1.29 is 9.18 Å². The lowest BCUT2D eigenvalue weighted by Gasteiger charge is -2.05. The van der Waals surface area contributed by atoms with E-state index in [-0.39, 0.29) is 5.69 Å². The molecule has 2 heterocycles. The summed E-state index contributed by atoms with van der Waals surface area (Å²) in [6.07, 6.45) is 0. The molecular formula is C19H14FN3OS. The van der Waals surface area contributed by atoms with Crippen LogP contribution < -0.4 is 11.1 Å². The number of carbonyl (C=O) groups is 1. The average Bonchev–Trinajstić information content (AvgIpc) is 2.91. The van der Waals surface area contributed by atoms with Gasteiger partial charge in [-0.2, -0.15) is 0 Å². The lowest BCUT2D eigenvalue weighted by Crippen LogP contribution is -2.12. The maximum Gasteiger partial charge on any atom is 0.268 e. The summed E-state index contributed by atoms with van der Waals surface area (Å²) < 4.78 is 13.7. The van der Waals surface area contributed by atoms with Crippen LogP contribution in [-0.2, 0) is 0 Å². The number of aromatic nitrogens is 1. The quantitative estimate of drug-likeness (QED) is 0.548. The number of amides is 1. The Kier molecular flexibility index (Phi) is 3.62. The van der Waals surface area contributed by atoms with Crippen molar-refractivity contribution in [2.45, 2.75) is 6.92 Å². The van der Waals surface area contributed by atoms with Crippen LogP contribution in [0.5, 0.6) is 0 Å². The molecule has 0 aliphatic carbocycles. The van der Waals surface area contributed by atoms with Crippen LogP contribution in [0.4, 0.5) is 15.8 Å². The van der Waals surface area contributed by atoms with Crippen molar-refractivity contribution in [1.82, 2.24) is 4.98 Å². The first kappa shape index (κ1) is 15.5. The first-order valence-corrected chi connectivity index (χ1v) is 8.50. The molecule has 0 bridgehead atoms. The molecule has 2 aromatic heterocycles. The molecule has 25 heavy (non-hydrogen) atoms. The van der Waals surface area contributed by atoms with Gasteiger partial charge in [0.1, 0.15) is 15.5 Å². The summed E-state index contributed by atoms with van der Waals surface area (Å²) in [6.45, 7) is 2.00. The summed E-state index contributed by atoms with van der Waals surface area (Å²) in [5.74, 6) is -0.930. The number of hydrogen-bond acceptors (Lipinski definition) is 4. The minimum atomic E-state index is -0.491. The smallest absolute Gasteiger partial charge is 0.268 e. The Bertz CT molecular complexity index is 1140. The van der Waals surface area contributed by atoms with Crippen LogP contribution in [0.1, 0.15) is 15.2 Å². The molecular weight excluding hydrogens is 337 g/mol. The Labute approximate surface area is 147 Å². The minimum Gasteiger partial charge on any atom is -0.397 e. The highest BCUT2D eigenvalue weighted by molar-refractivity contribution is 7.21. The first-order chi connectivity index (χ1) is 12.0. The van der Waals surface area contributed by atoms with Crippen molar-refractivity contribution in [2.75, 3.05) is 11.1 Å². The lowest BCUT2D eigenvalue weighted by atomic mass is 10.1. The number of nitrogens with one attached hydrogen (secondary N) is 1. The number of hydrogen-bond donors (Lipinski definition) is 2. The number of benzene rings is 2. The number of fused-ring (bicyclic) bond motifs is 2. The van der Waals surface area contributed by atoms with Gasteiger partial charge in [0.2, 0.25) is 0 Å². The molecule has 0 spiro atoms. The van der Waals surface area contributed by atoms with Crippen LogP contribution in [0.3, 0.4) is 0 Å². The third-order valence-electron chi connectivity index (χ3n) is 4.00. The number of para-hydroxylation sites is 1. The van der Waals surface area contributed by atoms with Crippen LogP contribution in [-0.4, -0.2) is 10.9 Å². The molecule has 0 saturated carbocycles. The van der Waals surface area contributed by atoms with Gasteiger partial charge in [-0.25, -0.2) is 9.37 Å². The minimum absolute atomic E-state index is 0.123. The maximum absolute atomic E-state index is 13.7. The molecule has 0 saturated heterocycles. The van der Waals surface area contributed by atoms with Gasteiger partial charge < -0.3 is 11.1 Å². The van der Waals surface area contributed by atoms with Gasteiger partial charge in [0.15, 0.2) is 0 Å². The molecule has 0 unspecified atom stereocenters. The topological polar surface area (TPSA) is 68.0 Å². The van der Waals surface area contributed by atoms with E-state index in [0.717, 1.165) is 21.9 Å². The number of anilines is 2. The maximum atomic E-state index is 13.7. The van der Waals surface area contributed by atoms with Gasteiger partial charge in [0, 0.05) is 10.8 Å². The number of nitrogen functional groups attached to an aromatic ring is 1. The SMILES string of the molecule is Cc1ccc2cc3c(N)c(C(=O)Nc4ccccc4F)sc3nc2c1. The molecule has 1 amide bonds. The normalized spacial score (nSPS) is 11.1. The molecule has 4 nitrogen and oxygen atoms in total. The molecule has 0 atom stereocenters. The van der Waals surface area contributed by atoms with Gasteiger partial charge in [-0.3, -0.25) is 4.79 Å². The van der Waals surface area contributed by atoms with E-state index in [4.69, 9.17) is 5.73 Å². The first-order valence-electron chi connectivity index (χ1n) is 7.68. The summed E-state index contributed by atoms with van der Waals surface area (Å²) in [5.41, 5.74) is 8.62. The third-order valence-corrected chi connectivity index (χ3v) is 5.11. The predicted octanol–water partition coefficient (Wildman–Crippen LogP) is 4.73. The van der Waals surface area contributed by atoms with Crippen LogP contribution >= 0.6 is 11.3 Å². The van der Waals surface area contributed by atoms with Crippen molar-refractivity contribution in [3.05, 3.63) is 64.8 Å². The van der Waals surface area contributed by atoms with Gasteiger partial charge in [0.25, 0.3) is 5.91 Å². The summed E-state index contributed by atoms with van der Waals surface area (Å²) in [5, 5.41) is 4.27. The van der Waals surface area contributed by atoms with E-state index in [1.807, 2.05) is 31.2 Å². The molecule has 3 N–H and O–H groups in total. The summed E-state index contributed by atoms with van der Waals surface area (Å²) >= 11 is 1.21. The zero-order chi connectivity index (χ0) is 17.6. The molecule has 0 fully saturated rings. The van der Waals surface area contributed by atoms with Gasteiger partial charge in [0.05, 0.1) is 16.9 Å². The number of thiophene rings is 1. The van der Waals surface area contributed by atoms with E-state index in [1.165, 1.54) is 23.5 Å². The zero-order valence-corrected chi connectivity index (χ0v) is 14.2. The van der Waals surface area contributed by atoms with E-state index in [2.05, 4.69) is 10.3 Å². The second kappa shape index (κ2) is 5.82. The Morgan fingerprint density at radius 1 is 1.20 bits per heavy atom. The fraction of sp³-hybridized carbons (Fsp3) is 0.0526. The Morgan fingerprint density at radius 3 is 2.80 bits per heavy atom. The second-order valence-electron chi connectivity index (χ2n) is 5.82. The molecule has 0 aliphatic rings. The van der Waals surface area contributed by atoms with E-state index < -0.39 is 11.7 Å². The van der Waals surface area contributed by atoms with E-state index in [0.29, 0.717) is 15.4 Å². The third kappa shape index (κ3) is 2.70. The van der Waals surface area contributed by atoms with Crippen LogP contribution in [0, 0.1) is 12.7 Å². The van der Waals surface area contributed by atoms with Gasteiger partial charge in [-0.1, -0.05) is 24.3 Å². The number of aryl methyl sites for hydroxylation is 1. The van der Waals surface area contributed by atoms with Crippen LogP contribution in [0.2, 0.25) is 0 Å². The van der Waals surface area contributed by atoms with E-state index in [9.17, 15) is 9.18 Å². The molecule has 2 aromatic carbocycles. The molecule has 6 heteroatoms. The molecule has 0 radical (unpaired) electrons. The van der Waals surface area contributed by atoms with Crippen molar-refractivity contribution in [1.29, 1.82) is 0 Å². The van der Waals surface area contributed by atoms with Gasteiger partial charge >= 0.3 is 0 Å². The van der Waals surface area contributed by atoms with Gasteiger partial charge in [-0.05, 0) is 36.8 Å². The fourth-order valence-corrected chi connectivity index (χ4v) is 3.69. The van der Waals surface area contributed by atoms with Crippen LogP contribution in [0.15, 0.2) is 48.5 Å². The molecule has 124 valence electrons. The number of nitrogens with two attached hydrogens (primary N) is 1. The number of nitrogens with zero attached hydrogens (tertiary/aromatic N) is 1. The zero-order valence-electron chi connectivity index (χ0n) is 13.3. The number of carbonyl (C=O) groups excluding carboxylic acids is 1. The highest BCUT2D eigenvalue weighted by Gasteiger charge is 2.19. The Hall–Kier alpha value is -2.99. The van der Waals surface area contributed by atoms with Crippen molar-refractivity contribution in [3.63, 3.8) is 0 Å². The van der Waals surface area contributed by atoms with Crippen molar-refractivity contribution in [2.24, 2.45) is 0 Å². The Balaban J connectivity index is 1.79. The average molecular weight is 351 g/mol. The number of halogens is 1. The summed E-state index contributed by atoms with van der Waals surface area (Å²) in [6, 6.07) is 13.9. The van der Waals surface area contributed by atoms with Gasteiger partial charge in [-0.15, -0.1) is 11.3 Å². The summed E-state index contributed by atoms with van der Waals surface area (Å²) in [4.78, 5) is 18.2. The predicted molar refractivity (Wildman–Crippen MR) is 101 cm³/mol. The molecule has 4 aromatic rings. The second-order valence-corrected chi connectivity index (χ2v) is 6.82. The molecule has 4 rings (SSSR count). The summed E-state index contributed by atoms with van der Waals surface area (Å²) in [7, 11) is 0. The van der Waals surface area contributed by atoms with Crippen molar-refractivity contribution in [3.8, 4) is 0 Å². The highest BCUT2D eigenvalue weighted by Crippen LogP contribution is 2.35. The fourth-order valence-electron chi connectivity index (χ4n) is 2.71. The Morgan fingerprint density at radius 2 is 2.00 bits per heavy atom. The van der Waals surface area contributed by atoms with Crippen LogP contribution in [0.25, 0.3) is 21.1 Å². The monoisotopic (exact) mass is 351 g/mol. The highest BCUT2D eigenvalue weighted by atomic mass is 32.1. The van der Waals surface area contributed by atoms with E-state index >= 15 is 0 Å². The van der Waals surface area contributed by atoms with E-state index in [1.54, 1.807) is 12.1 Å². The standard InChI is InChI=1S/C19H14FN3OS/c1-10-6-7-11-9-12-16(21)17(25-19(12)23-15(11)8-10)18(24)22-14-5-3-2-4-13(14)20/h2-9H,21H2,1H3,(H,22,24). The van der Waals surface area contributed by atoms with Crippen molar-refractivity contribution >= 4 is 49.7 Å². The lowest BCUT2D eigenvalue weighted by molar-refractivity contribution is 0.103. The number of rotatable bonds is 2. The largest absolute Gasteiger partial charge is 0.397 e. The number of pyridine rings is 1.